The first-order valence-electron chi connectivity index (χ1n) is 8.81. The molecule has 0 spiro atoms. The number of aromatic amines is 1. The summed E-state index contributed by atoms with van der Waals surface area (Å²) < 4.78 is 18.8. The molecule has 0 atom stereocenters. The highest BCUT2D eigenvalue weighted by atomic mass is 19.1. The number of hydrogen-bond donors (Lipinski definition) is 1. The summed E-state index contributed by atoms with van der Waals surface area (Å²) in [4.78, 5) is 18.8. The molecule has 29 heavy (non-hydrogen) atoms. The summed E-state index contributed by atoms with van der Waals surface area (Å²) in [5, 5.41) is 11.3. The smallest absolute Gasteiger partial charge is 0.270 e. The quantitative estimate of drug-likeness (QED) is 0.363. The van der Waals surface area contributed by atoms with Gasteiger partial charge in [-0.2, -0.15) is 0 Å². The van der Waals surface area contributed by atoms with Crippen molar-refractivity contribution in [3.05, 3.63) is 88.7 Å². The summed E-state index contributed by atoms with van der Waals surface area (Å²) in [6.45, 7) is 0. The number of non-ortho nitro benzene ring substituents is 1. The van der Waals surface area contributed by atoms with Crippen LogP contribution in [0.4, 0.5) is 10.1 Å². The number of nitro groups is 1. The predicted molar refractivity (Wildman–Crippen MR) is 108 cm³/mol. The maximum atomic E-state index is 13.3. The van der Waals surface area contributed by atoms with E-state index < -0.39 is 4.92 Å². The Bertz CT molecular complexity index is 1170. The van der Waals surface area contributed by atoms with Crippen LogP contribution < -0.4 is 4.74 Å². The molecule has 4 aromatic rings. The Balaban J connectivity index is 1.96. The molecule has 7 heteroatoms. The Morgan fingerprint density at radius 2 is 1.72 bits per heavy atom. The largest absolute Gasteiger partial charge is 0.496 e. The lowest BCUT2D eigenvalue weighted by Crippen LogP contribution is -1.94. The van der Waals surface area contributed by atoms with Gasteiger partial charge in [0.2, 0.25) is 0 Å². The van der Waals surface area contributed by atoms with E-state index in [9.17, 15) is 14.5 Å². The van der Waals surface area contributed by atoms with E-state index in [4.69, 9.17) is 9.72 Å². The standard InChI is InChI=1S/C22H16FN3O3/c1-29-19-12-11-17(26(27)28)13-18(19)21-20(14-5-3-2-4-6-14)24-22(25-21)15-7-9-16(23)10-8-15/h2-13H,1H3,(H,24,25). The Morgan fingerprint density at radius 1 is 1.00 bits per heavy atom. The lowest BCUT2D eigenvalue weighted by atomic mass is 10.0. The second-order valence-corrected chi connectivity index (χ2v) is 6.32. The molecule has 0 aliphatic heterocycles. The molecule has 0 fully saturated rings. The van der Waals surface area contributed by atoms with Crippen LogP contribution >= 0.6 is 0 Å². The zero-order valence-electron chi connectivity index (χ0n) is 15.4. The fourth-order valence-corrected chi connectivity index (χ4v) is 3.12. The SMILES string of the molecule is COc1ccc([N+](=O)[O-])cc1-c1[nH]c(-c2ccc(F)cc2)nc1-c1ccccc1. The minimum absolute atomic E-state index is 0.0576. The fourth-order valence-electron chi connectivity index (χ4n) is 3.12. The topological polar surface area (TPSA) is 81.0 Å². The van der Waals surface area contributed by atoms with Crippen LogP contribution in [0.5, 0.6) is 5.75 Å². The summed E-state index contributed by atoms with van der Waals surface area (Å²) in [6, 6.07) is 19.8. The van der Waals surface area contributed by atoms with Gasteiger partial charge in [-0.1, -0.05) is 30.3 Å². The average Bonchev–Trinajstić information content (AvgIpc) is 3.19. The van der Waals surface area contributed by atoms with E-state index in [1.807, 2.05) is 30.3 Å². The number of nitro benzene ring substituents is 1. The maximum Gasteiger partial charge on any atom is 0.270 e. The molecule has 0 aliphatic carbocycles. The van der Waals surface area contributed by atoms with Crippen LogP contribution in [0, 0.1) is 15.9 Å². The minimum atomic E-state index is -0.456. The normalized spacial score (nSPS) is 10.7. The first-order valence-corrected chi connectivity index (χ1v) is 8.81. The summed E-state index contributed by atoms with van der Waals surface area (Å²) in [5.41, 5.74) is 3.18. The summed E-state index contributed by atoms with van der Waals surface area (Å²) in [7, 11) is 1.50. The van der Waals surface area contributed by atoms with Crippen molar-refractivity contribution in [1.82, 2.24) is 9.97 Å². The van der Waals surface area contributed by atoms with Gasteiger partial charge in [0.1, 0.15) is 17.4 Å². The second kappa shape index (κ2) is 7.55. The van der Waals surface area contributed by atoms with Gasteiger partial charge in [-0.05, 0) is 30.3 Å². The van der Waals surface area contributed by atoms with E-state index in [1.165, 1.54) is 31.4 Å². The molecule has 0 radical (unpaired) electrons. The van der Waals surface area contributed by atoms with Gasteiger partial charge < -0.3 is 9.72 Å². The Kier molecular flexibility index (Phi) is 4.78. The Morgan fingerprint density at radius 3 is 2.38 bits per heavy atom. The molecule has 1 heterocycles. The number of imidazole rings is 1. The van der Waals surface area contributed by atoms with E-state index in [-0.39, 0.29) is 11.5 Å². The number of nitrogens with one attached hydrogen (secondary N) is 1. The molecule has 0 saturated carbocycles. The zero-order valence-corrected chi connectivity index (χ0v) is 15.4. The van der Waals surface area contributed by atoms with Gasteiger partial charge >= 0.3 is 0 Å². The van der Waals surface area contributed by atoms with Gasteiger partial charge in [0.15, 0.2) is 0 Å². The van der Waals surface area contributed by atoms with Crippen LogP contribution in [-0.2, 0) is 0 Å². The Hall–Kier alpha value is -4.00. The van der Waals surface area contributed by atoms with Gasteiger partial charge in [0, 0.05) is 28.8 Å². The van der Waals surface area contributed by atoms with Crippen molar-refractivity contribution in [2.45, 2.75) is 0 Å². The molecule has 144 valence electrons. The highest BCUT2D eigenvalue weighted by Crippen LogP contribution is 2.39. The molecular weight excluding hydrogens is 373 g/mol. The summed E-state index contributed by atoms with van der Waals surface area (Å²) in [6.07, 6.45) is 0. The first kappa shape index (κ1) is 18.4. The van der Waals surface area contributed by atoms with Crippen LogP contribution in [-0.4, -0.2) is 22.0 Å². The minimum Gasteiger partial charge on any atom is -0.496 e. The van der Waals surface area contributed by atoms with Crippen LogP contribution in [0.2, 0.25) is 0 Å². The molecule has 0 unspecified atom stereocenters. The average molecular weight is 389 g/mol. The number of methoxy groups -OCH3 is 1. The molecule has 0 bridgehead atoms. The summed E-state index contributed by atoms with van der Waals surface area (Å²) in [5.74, 6) is 0.652. The first-order chi connectivity index (χ1) is 14.1. The van der Waals surface area contributed by atoms with Crippen molar-refractivity contribution in [3.8, 4) is 39.7 Å². The number of aromatic nitrogens is 2. The molecule has 1 N–H and O–H groups in total. The fraction of sp³-hybridized carbons (Fsp3) is 0.0455. The number of nitrogens with zero attached hydrogens (tertiary/aromatic N) is 2. The second-order valence-electron chi connectivity index (χ2n) is 6.32. The molecular formula is C22H16FN3O3. The van der Waals surface area contributed by atoms with Gasteiger partial charge in [0.05, 0.1) is 23.4 Å². The van der Waals surface area contributed by atoms with Crippen LogP contribution in [0.15, 0.2) is 72.8 Å². The van der Waals surface area contributed by atoms with Crippen LogP contribution in [0.3, 0.4) is 0 Å². The number of benzene rings is 3. The van der Waals surface area contributed by atoms with Gasteiger partial charge in [-0.15, -0.1) is 0 Å². The Labute approximate surface area is 165 Å². The van der Waals surface area contributed by atoms with Crippen molar-refractivity contribution in [1.29, 1.82) is 0 Å². The highest BCUT2D eigenvalue weighted by molar-refractivity contribution is 5.84. The van der Waals surface area contributed by atoms with E-state index >= 15 is 0 Å². The van der Waals surface area contributed by atoms with Crippen molar-refractivity contribution in [2.24, 2.45) is 0 Å². The number of rotatable bonds is 5. The van der Waals surface area contributed by atoms with Gasteiger partial charge in [0.25, 0.3) is 5.69 Å². The predicted octanol–water partition coefficient (Wildman–Crippen LogP) is 5.47. The highest BCUT2D eigenvalue weighted by Gasteiger charge is 2.21. The lowest BCUT2D eigenvalue weighted by Gasteiger charge is -2.09. The maximum absolute atomic E-state index is 13.3. The van der Waals surface area contributed by atoms with E-state index in [0.717, 1.165) is 5.56 Å². The van der Waals surface area contributed by atoms with E-state index in [2.05, 4.69) is 4.98 Å². The van der Waals surface area contributed by atoms with Gasteiger partial charge in [-0.3, -0.25) is 10.1 Å². The number of ether oxygens (including phenoxy) is 1. The van der Waals surface area contributed by atoms with Crippen LogP contribution in [0.25, 0.3) is 33.9 Å². The molecule has 0 aliphatic rings. The molecule has 3 aromatic carbocycles. The summed E-state index contributed by atoms with van der Waals surface area (Å²) >= 11 is 0. The van der Waals surface area contributed by atoms with Crippen LogP contribution in [0.1, 0.15) is 0 Å². The number of hydrogen-bond acceptors (Lipinski definition) is 4. The lowest BCUT2D eigenvalue weighted by molar-refractivity contribution is -0.384. The molecule has 4 rings (SSSR count). The molecule has 6 nitrogen and oxygen atoms in total. The zero-order chi connectivity index (χ0) is 20.4. The van der Waals surface area contributed by atoms with Crippen molar-refractivity contribution < 1.29 is 14.1 Å². The molecule has 1 aromatic heterocycles. The third-order valence-corrected chi connectivity index (χ3v) is 4.53. The van der Waals surface area contributed by atoms with E-state index in [0.29, 0.717) is 34.1 Å². The number of H-pyrrole nitrogens is 1. The van der Waals surface area contributed by atoms with Crippen molar-refractivity contribution in [3.63, 3.8) is 0 Å². The third-order valence-electron chi connectivity index (χ3n) is 4.53. The number of halogens is 1. The van der Waals surface area contributed by atoms with Crippen molar-refractivity contribution in [2.75, 3.05) is 7.11 Å². The van der Waals surface area contributed by atoms with Gasteiger partial charge in [-0.25, -0.2) is 9.37 Å². The monoisotopic (exact) mass is 389 g/mol. The third kappa shape index (κ3) is 3.58. The molecule has 0 amide bonds. The molecule has 0 saturated heterocycles. The van der Waals surface area contributed by atoms with Crippen molar-refractivity contribution >= 4 is 5.69 Å². The van der Waals surface area contributed by atoms with E-state index in [1.54, 1.807) is 18.2 Å².